The Morgan fingerprint density at radius 3 is 1.83 bits per heavy atom. The van der Waals surface area contributed by atoms with Gasteiger partial charge in [0.1, 0.15) is 0 Å². The van der Waals surface area contributed by atoms with Crippen LogP contribution in [-0.4, -0.2) is 0 Å². The van der Waals surface area contributed by atoms with Gasteiger partial charge in [-0.2, -0.15) is 0 Å². The molecule has 0 aromatic carbocycles. The van der Waals surface area contributed by atoms with Crippen LogP contribution in [-0.2, 0) is 0 Å². The van der Waals surface area contributed by atoms with E-state index in [1.165, 1.54) is 51.4 Å². The molecule has 0 radical (unpaired) electrons. The summed E-state index contributed by atoms with van der Waals surface area (Å²) in [5.74, 6) is 2.24. The normalized spacial score (nSPS) is 17.2. The second kappa shape index (κ2) is 5.61. The van der Waals surface area contributed by atoms with Gasteiger partial charge in [-0.15, -0.1) is 0 Å². The third-order valence-corrected chi connectivity index (χ3v) is 3.15. The zero-order chi connectivity index (χ0) is 8.81. The molecule has 0 heteroatoms. The Morgan fingerprint density at radius 1 is 1.00 bits per heavy atom. The van der Waals surface area contributed by atoms with Crippen LogP contribution in [0, 0.1) is 11.8 Å². The van der Waals surface area contributed by atoms with E-state index in [0.29, 0.717) is 0 Å². The first kappa shape index (κ1) is 10.1. The minimum absolute atomic E-state index is 1.10. The Hall–Kier alpha value is 0. The molecule has 0 spiro atoms. The average Bonchev–Trinajstić information content (AvgIpc) is 2.88. The molecule has 0 bridgehead atoms. The summed E-state index contributed by atoms with van der Waals surface area (Å²) in [4.78, 5) is 0. The van der Waals surface area contributed by atoms with Crippen LogP contribution in [0.3, 0.4) is 0 Å². The third kappa shape index (κ3) is 3.60. The van der Waals surface area contributed by atoms with Crippen LogP contribution in [0.2, 0.25) is 0 Å². The van der Waals surface area contributed by atoms with Crippen molar-refractivity contribution in [1.82, 2.24) is 0 Å². The van der Waals surface area contributed by atoms with Gasteiger partial charge in [-0.3, -0.25) is 0 Å². The quantitative estimate of drug-likeness (QED) is 0.529. The molecule has 0 heterocycles. The predicted octanol–water partition coefficient (Wildman–Crippen LogP) is 4.39. The first-order valence-electron chi connectivity index (χ1n) is 5.88. The van der Waals surface area contributed by atoms with Gasteiger partial charge in [-0.05, 0) is 24.7 Å². The van der Waals surface area contributed by atoms with Crippen molar-refractivity contribution < 1.29 is 0 Å². The molecule has 0 N–H and O–H groups in total. The van der Waals surface area contributed by atoms with Crippen LogP contribution in [0.4, 0.5) is 0 Å². The molecule has 0 amide bonds. The Bertz CT molecular complexity index is 94.6. The van der Waals surface area contributed by atoms with E-state index in [-0.39, 0.29) is 0 Å². The lowest BCUT2D eigenvalue weighted by Gasteiger charge is -2.14. The highest BCUT2D eigenvalue weighted by Gasteiger charge is 2.29. The van der Waals surface area contributed by atoms with Crippen molar-refractivity contribution in [1.29, 1.82) is 0 Å². The Kier molecular flexibility index (Phi) is 4.72. The molecule has 0 nitrogen and oxygen atoms in total. The molecule has 1 aliphatic carbocycles. The molecule has 1 fully saturated rings. The van der Waals surface area contributed by atoms with Gasteiger partial charge in [0.05, 0.1) is 0 Å². The average molecular weight is 168 g/mol. The van der Waals surface area contributed by atoms with Crippen LogP contribution < -0.4 is 0 Å². The minimum atomic E-state index is 1.10. The van der Waals surface area contributed by atoms with E-state index >= 15 is 0 Å². The Labute approximate surface area is 77.7 Å². The van der Waals surface area contributed by atoms with Gasteiger partial charge in [-0.1, -0.05) is 52.4 Å². The Balaban J connectivity index is 2.09. The second-order valence-corrected chi connectivity index (χ2v) is 4.38. The van der Waals surface area contributed by atoms with Crippen molar-refractivity contribution in [3.63, 3.8) is 0 Å². The zero-order valence-electron chi connectivity index (χ0n) is 8.81. The molecule has 0 aromatic rings. The summed E-state index contributed by atoms with van der Waals surface area (Å²) in [5, 5.41) is 0. The minimum Gasteiger partial charge on any atom is -0.0654 e. The van der Waals surface area contributed by atoms with Crippen LogP contribution in [0.1, 0.15) is 65.2 Å². The van der Waals surface area contributed by atoms with Gasteiger partial charge in [-0.25, -0.2) is 0 Å². The number of hydrogen-bond donors (Lipinski definition) is 0. The van der Waals surface area contributed by atoms with Crippen LogP contribution in [0.5, 0.6) is 0 Å². The molecule has 0 saturated heterocycles. The first-order valence-corrected chi connectivity index (χ1v) is 5.88. The molecule has 1 aliphatic rings. The molecule has 72 valence electrons. The largest absolute Gasteiger partial charge is 0.0654 e. The second-order valence-electron chi connectivity index (χ2n) is 4.38. The van der Waals surface area contributed by atoms with Crippen LogP contribution >= 0.6 is 0 Å². The fourth-order valence-corrected chi connectivity index (χ4v) is 2.12. The van der Waals surface area contributed by atoms with E-state index in [1.54, 1.807) is 0 Å². The van der Waals surface area contributed by atoms with Crippen molar-refractivity contribution in [2.24, 2.45) is 11.8 Å². The molecule has 0 aliphatic heterocycles. The summed E-state index contributed by atoms with van der Waals surface area (Å²) in [6, 6.07) is 0. The fourth-order valence-electron chi connectivity index (χ4n) is 2.12. The molecule has 1 rings (SSSR count). The van der Waals surface area contributed by atoms with E-state index in [2.05, 4.69) is 13.8 Å². The van der Waals surface area contributed by atoms with Gasteiger partial charge in [0.25, 0.3) is 0 Å². The van der Waals surface area contributed by atoms with Crippen molar-refractivity contribution in [2.75, 3.05) is 0 Å². The van der Waals surface area contributed by atoms with Crippen molar-refractivity contribution in [2.45, 2.75) is 65.2 Å². The standard InChI is InChI=1S/C12H24/c1-3-5-7-11(8-6-4-2)12-9-10-12/h11-12H,3-10H2,1-2H3. The Morgan fingerprint density at radius 2 is 1.50 bits per heavy atom. The van der Waals surface area contributed by atoms with Crippen LogP contribution in [0.25, 0.3) is 0 Å². The van der Waals surface area contributed by atoms with E-state index in [1.807, 2.05) is 0 Å². The van der Waals surface area contributed by atoms with E-state index < -0.39 is 0 Å². The highest BCUT2D eigenvalue weighted by molar-refractivity contribution is 4.81. The van der Waals surface area contributed by atoms with Crippen molar-refractivity contribution in [3.05, 3.63) is 0 Å². The summed E-state index contributed by atoms with van der Waals surface area (Å²) >= 11 is 0. The molecular formula is C12H24. The van der Waals surface area contributed by atoms with Gasteiger partial charge in [0, 0.05) is 0 Å². The van der Waals surface area contributed by atoms with Crippen molar-refractivity contribution >= 4 is 0 Å². The topological polar surface area (TPSA) is 0 Å². The fraction of sp³-hybridized carbons (Fsp3) is 1.00. The maximum absolute atomic E-state index is 2.31. The highest BCUT2D eigenvalue weighted by Crippen LogP contribution is 2.41. The predicted molar refractivity (Wildman–Crippen MR) is 55.3 cm³/mol. The molecular weight excluding hydrogens is 144 g/mol. The highest BCUT2D eigenvalue weighted by atomic mass is 14.3. The summed E-state index contributed by atoms with van der Waals surface area (Å²) in [7, 11) is 0. The summed E-state index contributed by atoms with van der Waals surface area (Å²) in [6.45, 7) is 4.62. The maximum Gasteiger partial charge on any atom is -0.0386 e. The van der Waals surface area contributed by atoms with Gasteiger partial charge in [0.2, 0.25) is 0 Å². The third-order valence-electron chi connectivity index (χ3n) is 3.15. The molecule has 1 saturated carbocycles. The number of unbranched alkanes of at least 4 members (excludes halogenated alkanes) is 2. The smallest absolute Gasteiger partial charge is 0.0386 e. The molecule has 0 atom stereocenters. The van der Waals surface area contributed by atoms with Gasteiger partial charge in [0.15, 0.2) is 0 Å². The molecule has 0 aromatic heterocycles. The van der Waals surface area contributed by atoms with Crippen molar-refractivity contribution in [3.8, 4) is 0 Å². The van der Waals surface area contributed by atoms with E-state index in [0.717, 1.165) is 11.8 Å². The lowest BCUT2D eigenvalue weighted by atomic mass is 9.92. The summed E-state index contributed by atoms with van der Waals surface area (Å²) < 4.78 is 0. The molecule has 0 unspecified atom stereocenters. The summed E-state index contributed by atoms with van der Waals surface area (Å²) in [6.07, 6.45) is 11.8. The first-order chi connectivity index (χ1) is 5.88. The monoisotopic (exact) mass is 168 g/mol. The van der Waals surface area contributed by atoms with Crippen LogP contribution in [0.15, 0.2) is 0 Å². The SMILES string of the molecule is CCCCC(CCCC)C1CC1. The lowest BCUT2D eigenvalue weighted by molar-refractivity contribution is 0.374. The lowest BCUT2D eigenvalue weighted by Crippen LogP contribution is -2.02. The number of hydrogen-bond acceptors (Lipinski definition) is 0. The molecule has 12 heavy (non-hydrogen) atoms. The summed E-state index contributed by atoms with van der Waals surface area (Å²) in [5.41, 5.74) is 0. The van der Waals surface area contributed by atoms with E-state index in [4.69, 9.17) is 0 Å². The zero-order valence-corrected chi connectivity index (χ0v) is 8.81. The van der Waals surface area contributed by atoms with Gasteiger partial charge < -0.3 is 0 Å². The number of rotatable bonds is 7. The van der Waals surface area contributed by atoms with E-state index in [9.17, 15) is 0 Å². The van der Waals surface area contributed by atoms with Gasteiger partial charge >= 0.3 is 0 Å². The maximum atomic E-state index is 2.31.